The monoisotopic (exact) mass is 319 g/mol. The van der Waals surface area contributed by atoms with Crippen molar-refractivity contribution >= 4 is 40.8 Å². The van der Waals surface area contributed by atoms with Crippen LogP contribution in [-0.2, 0) is 0 Å². The minimum Gasteiger partial charge on any atom is -0.476 e. The van der Waals surface area contributed by atoms with Crippen molar-refractivity contribution in [3.8, 4) is 11.1 Å². The molecule has 0 aliphatic carbocycles. The van der Waals surface area contributed by atoms with E-state index in [-0.39, 0.29) is 20.6 Å². The second-order valence-corrected chi connectivity index (χ2v) is 4.80. The molecule has 0 spiro atoms. The van der Waals surface area contributed by atoms with E-state index >= 15 is 0 Å². The zero-order chi connectivity index (χ0) is 14.2. The number of aromatic nitrogens is 1. The van der Waals surface area contributed by atoms with E-state index in [0.717, 1.165) is 6.07 Å². The molecule has 0 amide bonds. The van der Waals surface area contributed by atoms with E-state index in [1.54, 1.807) is 0 Å². The topological polar surface area (TPSA) is 50.2 Å². The Bertz CT molecular complexity index is 676. The fourth-order valence-corrected chi connectivity index (χ4v) is 2.19. The SMILES string of the molecule is O=C(O)c1nc(F)ccc1-c1cc(Cl)c(Cl)cc1Cl. The van der Waals surface area contributed by atoms with Crippen LogP contribution in [0.15, 0.2) is 24.3 Å². The molecule has 0 aliphatic rings. The molecule has 7 heteroatoms. The fraction of sp³-hybridized carbons (Fsp3) is 0. The number of carboxylic acids is 1. The molecule has 0 saturated carbocycles. The molecule has 0 fully saturated rings. The average molecular weight is 321 g/mol. The maximum absolute atomic E-state index is 13.0. The van der Waals surface area contributed by atoms with Crippen molar-refractivity contribution in [1.29, 1.82) is 0 Å². The van der Waals surface area contributed by atoms with Crippen LogP contribution in [0.3, 0.4) is 0 Å². The zero-order valence-corrected chi connectivity index (χ0v) is 11.4. The first-order valence-electron chi connectivity index (χ1n) is 4.95. The van der Waals surface area contributed by atoms with Gasteiger partial charge < -0.3 is 5.11 Å². The number of benzene rings is 1. The maximum atomic E-state index is 13.0. The Kier molecular flexibility index (Phi) is 3.94. The second-order valence-electron chi connectivity index (χ2n) is 3.58. The molecule has 3 nitrogen and oxygen atoms in total. The lowest BCUT2D eigenvalue weighted by Gasteiger charge is -2.09. The number of pyridine rings is 1. The number of rotatable bonds is 2. The van der Waals surface area contributed by atoms with Gasteiger partial charge in [-0.25, -0.2) is 9.78 Å². The van der Waals surface area contributed by atoms with E-state index in [2.05, 4.69) is 4.98 Å². The van der Waals surface area contributed by atoms with Gasteiger partial charge in [0, 0.05) is 11.1 Å². The van der Waals surface area contributed by atoms with Crippen molar-refractivity contribution in [2.24, 2.45) is 0 Å². The van der Waals surface area contributed by atoms with Crippen molar-refractivity contribution in [3.05, 3.63) is 51.0 Å². The molecular weight excluding hydrogens is 315 g/mol. The average Bonchev–Trinajstić information content (AvgIpc) is 2.34. The van der Waals surface area contributed by atoms with Crippen LogP contribution in [0, 0.1) is 5.95 Å². The van der Waals surface area contributed by atoms with Crippen molar-refractivity contribution in [2.45, 2.75) is 0 Å². The van der Waals surface area contributed by atoms with E-state index in [0.29, 0.717) is 5.56 Å². The molecule has 1 N–H and O–H groups in total. The van der Waals surface area contributed by atoms with Crippen LogP contribution < -0.4 is 0 Å². The Morgan fingerprint density at radius 3 is 2.32 bits per heavy atom. The molecule has 1 heterocycles. The molecule has 0 aliphatic heterocycles. The van der Waals surface area contributed by atoms with Gasteiger partial charge in [-0.15, -0.1) is 0 Å². The summed E-state index contributed by atoms with van der Waals surface area (Å²) in [6.45, 7) is 0. The molecule has 0 bridgehead atoms. The van der Waals surface area contributed by atoms with Crippen molar-refractivity contribution in [3.63, 3.8) is 0 Å². The molecule has 0 atom stereocenters. The van der Waals surface area contributed by atoms with Crippen LogP contribution >= 0.6 is 34.8 Å². The standard InChI is InChI=1S/C12H5Cl3FNO2/c13-7-4-9(15)8(14)3-6(7)5-1-2-10(16)17-11(5)12(18)19/h1-4H,(H,18,19). The van der Waals surface area contributed by atoms with Gasteiger partial charge in [-0.1, -0.05) is 34.8 Å². The molecule has 0 radical (unpaired) electrons. The van der Waals surface area contributed by atoms with Gasteiger partial charge in [0.1, 0.15) is 0 Å². The van der Waals surface area contributed by atoms with Crippen LogP contribution in [0.5, 0.6) is 0 Å². The predicted molar refractivity (Wildman–Crippen MR) is 71.6 cm³/mol. The molecule has 1 aromatic carbocycles. The Balaban J connectivity index is 2.72. The highest BCUT2D eigenvalue weighted by Crippen LogP contribution is 2.36. The molecule has 98 valence electrons. The van der Waals surface area contributed by atoms with Crippen LogP contribution in [-0.4, -0.2) is 16.1 Å². The highest BCUT2D eigenvalue weighted by Gasteiger charge is 2.18. The van der Waals surface area contributed by atoms with Gasteiger partial charge in [-0.2, -0.15) is 4.39 Å². The molecule has 0 unspecified atom stereocenters. The minimum absolute atomic E-state index is 0.164. The fourth-order valence-electron chi connectivity index (χ4n) is 1.54. The molecule has 0 saturated heterocycles. The van der Waals surface area contributed by atoms with Crippen molar-refractivity contribution < 1.29 is 14.3 Å². The van der Waals surface area contributed by atoms with E-state index < -0.39 is 17.6 Å². The van der Waals surface area contributed by atoms with Gasteiger partial charge >= 0.3 is 5.97 Å². The van der Waals surface area contributed by atoms with Crippen LogP contribution in [0.2, 0.25) is 15.1 Å². The third-order valence-corrected chi connectivity index (χ3v) is 3.40. The summed E-state index contributed by atoms with van der Waals surface area (Å²) in [6, 6.07) is 5.11. The smallest absolute Gasteiger partial charge is 0.355 e. The summed E-state index contributed by atoms with van der Waals surface area (Å²) in [5, 5.41) is 9.68. The van der Waals surface area contributed by atoms with Gasteiger partial charge in [0.05, 0.1) is 15.1 Å². The lowest BCUT2D eigenvalue weighted by atomic mass is 10.0. The first-order chi connectivity index (χ1) is 8.90. The Labute approximate surface area is 122 Å². The predicted octanol–water partition coefficient (Wildman–Crippen LogP) is 4.55. The minimum atomic E-state index is -1.36. The number of halogens is 4. The number of carbonyl (C=O) groups is 1. The van der Waals surface area contributed by atoms with E-state index in [1.807, 2.05) is 0 Å². The maximum Gasteiger partial charge on any atom is 0.355 e. The summed E-state index contributed by atoms with van der Waals surface area (Å²) >= 11 is 17.7. The van der Waals surface area contributed by atoms with E-state index in [4.69, 9.17) is 39.9 Å². The number of hydrogen-bond acceptors (Lipinski definition) is 2. The number of carboxylic acid groups (broad SMARTS) is 1. The summed E-state index contributed by atoms with van der Waals surface area (Å²) in [7, 11) is 0. The molecule has 2 rings (SSSR count). The highest BCUT2D eigenvalue weighted by molar-refractivity contribution is 6.44. The highest BCUT2D eigenvalue weighted by atomic mass is 35.5. The third-order valence-electron chi connectivity index (χ3n) is 2.36. The normalized spacial score (nSPS) is 10.5. The van der Waals surface area contributed by atoms with Gasteiger partial charge in [-0.3, -0.25) is 0 Å². The summed E-state index contributed by atoms with van der Waals surface area (Å²) in [6.07, 6.45) is 0. The van der Waals surface area contributed by atoms with Gasteiger partial charge in [0.25, 0.3) is 0 Å². The first kappa shape index (κ1) is 14.1. The quantitative estimate of drug-likeness (QED) is 0.652. The van der Waals surface area contributed by atoms with Crippen LogP contribution in [0.25, 0.3) is 11.1 Å². The molecule has 19 heavy (non-hydrogen) atoms. The molecular formula is C12H5Cl3FNO2. The van der Waals surface area contributed by atoms with Crippen LogP contribution in [0.1, 0.15) is 10.5 Å². The van der Waals surface area contributed by atoms with Gasteiger partial charge in [0.15, 0.2) is 5.69 Å². The van der Waals surface area contributed by atoms with Crippen molar-refractivity contribution in [1.82, 2.24) is 4.98 Å². The zero-order valence-electron chi connectivity index (χ0n) is 9.12. The van der Waals surface area contributed by atoms with E-state index in [9.17, 15) is 9.18 Å². The lowest BCUT2D eigenvalue weighted by Crippen LogP contribution is -2.05. The molecule has 1 aromatic heterocycles. The van der Waals surface area contributed by atoms with Gasteiger partial charge in [0.2, 0.25) is 5.95 Å². The largest absolute Gasteiger partial charge is 0.476 e. The number of nitrogens with zero attached hydrogens (tertiary/aromatic N) is 1. The first-order valence-corrected chi connectivity index (χ1v) is 6.08. The summed E-state index contributed by atoms with van der Waals surface area (Å²) in [5.74, 6) is -2.26. The Morgan fingerprint density at radius 1 is 1.05 bits per heavy atom. The lowest BCUT2D eigenvalue weighted by molar-refractivity contribution is 0.0690. The summed E-state index contributed by atoms with van der Waals surface area (Å²) < 4.78 is 13.0. The number of hydrogen-bond donors (Lipinski definition) is 1. The summed E-state index contributed by atoms with van der Waals surface area (Å²) in [5.41, 5.74) is 0.0405. The Hall–Kier alpha value is -1.36. The summed E-state index contributed by atoms with van der Waals surface area (Å²) in [4.78, 5) is 14.4. The van der Waals surface area contributed by atoms with Gasteiger partial charge in [-0.05, 0) is 24.3 Å². The Morgan fingerprint density at radius 2 is 1.68 bits per heavy atom. The molecule has 2 aromatic rings. The number of aromatic carboxylic acids is 1. The van der Waals surface area contributed by atoms with Crippen molar-refractivity contribution in [2.75, 3.05) is 0 Å². The second kappa shape index (κ2) is 5.33. The van der Waals surface area contributed by atoms with Crippen LogP contribution in [0.4, 0.5) is 4.39 Å². The third kappa shape index (κ3) is 2.81. The van der Waals surface area contributed by atoms with E-state index in [1.165, 1.54) is 18.2 Å².